The molecule has 0 radical (unpaired) electrons. The second-order valence-electron chi connectivity index (χ2n) is 8.34. The molecule has 0 atom stereocenters. The SMILES string of the molecule is CCc1cccc2c(CCNC(=NC)N3CCN(CC(=O)NC4CC4)CC3)c[nH]c12. The summed E-state index contributed by atoms with van der Waals surface area (Å²) in [6.07, 6.45) is 6.41. The summed E-state index contributed by atoms with van der Waals surface area (Å²) >= 11 is 0. The predicted octanol–water partition coefficient (Wildman–Crippen LogP) is 1.74. The maximum Gasteiger partial charge on any atom is 0.234 e. The fourth-order valence-electron chi connectivity index (χ4n) is 4.24. The highest BCUT2D eigenvalue weighted by atomic mass is 16.2. The first-order valence-corrected chi connectivity index (χ1v) is 11.2. The summed E-state index contributed by atoms with van der Waals surface area (Å²) in [7, 11) is 1.84. The Hall–Kier alpha value is -2.54. The number of piperazine rings is 1. The predicted molar refractivity (Wildman–Crippen MR) is 122 cm³/mol. The third-order valence-corrected chi connectivity index (χ3v) is 6.14. The lowest BCUT2D eigenvalue weighted by molar-refractivity contribution is -0.122. The van der Waals surface area contributed by atoms with Gasteiger partial charge in [-0.25, -0.2) is 0 Å². The minimum Gasteiger partial charge on any atom is -0.361 e. The Morgan fingerprint density at radius 1 is 1.20 bits per heavy atom. The number of nitrogens with zero attached hydrogens (tertiary/aromatic N) is 3. The van der Waals surface area contributed by atoms with Gasteiger partial charge in [0.2, 0.25) is 5.91 Å². The first kappa shape index (κ1) is 20.7. The summed E-state index contributed by atoms with van der Waals surface area (Å²) in [5.74, 6) is 1.12. The lowest BCUT2D eigenvalue weighted by atomic mass is 10.1. The Kier molecular flexibility index (Phi) is 6.57. The van der Waals surface area contributed by atoms with Gasteiger partial charge in [0.1, 0.15) is 0 Å². The van der Waals surface area contributed by atoms with Gasteiger partial charge in [-0.1, -0.05) is 25.1 Å². The van der Waals surface area contributed by atoms with Gasteiger partial charge in [-0.3, -0.25) is 14.7 Å². The van der Waals surface area contributed by atoms with Gasteiger partial charge in [-0.05, 0) is 36.8 Å². The molecule has 0 spiro atoms. The lowest BCUT2D eigenvalue weighted by Crippen LogP contribution is -2.54. The number of hydrogen-bond donors (Lipinski definition) is 3. The molecule has 7 nitrogen and oxygen atoms in total. The summed E-state index contributed by atoms with van der Waals surface area (Å²) in [6, 6.07) is 6.98. The largest absolute Gasteiger partial charge is 0.361 e. The molecule has 30 heavy (non-hydrogen) atoms. The van der Waals surface area contributed by atoms with E-state index in [0.29, 0.717) is 12.6 Å². The van der Waals surface area contributed by atoms with E-state index in [1.54, 1.807) is 0 Å². The van der Waals surface area contributed by atoms with Gasteiger partial charge in [0.15, 0.2) is 5.96 Å². The molecular weight excluding hydrogens is 376 g/mol. The fraction of sp³-hybridized carbons (Fsp3) is 0.565. The van der Waals surface area contributed by atoms with Crippen molar-refractivity contribution in [1.82, 2.24) is 25.4 Å². The number of aliphatic imine (C=N–C) groups is 1. The number of rotatable bonds is 7. The molecule has 1 aromatic carbocycles. The van der Waals surface area contributed by atoms with Crippen molar-refractivity contribution in [3.05, 3.63) is 35.5 Å². The van der Waals surface area contributed by atoms with Crippen LogP contribution >= 0.6 is 0 Å². The lowest BCUT2D eigenvalue weighted by Gasteiger charge is -2.36. The van der Waals surface area contributed by atoms with E-state index in [2.05, 4.69) is 61.7 Å². The minimum absolute atomic E-state index is 0.165. The third kappa shape index (κ3) is 4.95. The smallest absolute Gasteiger partial charge is 0.234 e. The van der Waals surface area contributed by atoms with Crippen molar-refractivity contribution in [2.24, 2.45) is 4.99 Å². The Labute approximate surface area is 178 Å². The number of fused-ring (bicyclic) bond motifs is 1. The number of carbonyl (C=O) groups is 1. The van der Waals surface area contributed by atoms with Gasteiger partial charge >= 0.3 is 0 Å². The number of hydrogen-bond acceptors (Lipinski definition) is 3. The highest BCUT2D eigenvalue weighted by Gasteiger charge is 2.25. The molecule has 1 aliphatic heterocycles. The maximum absolute atomic E-state index is 12.0. The van der Waals surface area contributed by atoms with Gasteiger partial charge in [0, 0.05) is 62.9 Å². The molecule has 2 heterocycles. The molecule has 0 unspecified atom stereocenters. The van der Waals surface area contributed by atoms with Crippen LogP contribution in [0.25, 0.3) is 10.9 Å². The van der Waals surface area contributed by atoms with Crippen LogP contribution < -0.4 is 10.6 Å². The van der Waals surface area contributed by atoms with Crippen LogP contribution in [-0.4, -0.2) is 79.0 Å². The topological polar surface area (TPSA) is 75.8 Å². The van der Waals surface area contributed by atoms with Gasteiger partial charge in [0.25, 0.3) is 0 Å². The number of amides is 1. The van der Waals surface area contributed by atoms with Crippen molar-refractivity contribution in [1.29, 1.82) is 0 Å². The van der Waals surface area contributed by atoms with E-state index in [0.717, 1.165) is 64.4 Å². The van der Waals surface area contributed by atoms with Crippen LogP contribution in [0, 0.1) is 0 Å². The first-order valence-electron chi connectivity index (χ1n) is 11.2. The van der Waals surface area contributed by atoms with Crippen LogP contribution in [-0.2, 0) is 17.6 Å². The fourth-order valence-corrected chi connectivity index (χ4v) is 4.24. The van der Waals surface area contributed by atoms with E-state index in [9.17, 15) is 4.79 Å². The Bertz CT molecular complexity index is 892. The minimum atomic E-state index is 0.165. The number of guanidine groups is 1. The zero-order chi connectivity index (χ0) is 20.9. The molecule has 162 valence electrons. The molecular formula is C23H34N6O. The molecule has 3 N–H and O–H groups in total. The molecule has 2 fully saturated rings. The van der Waals surface area contributed by atoms with Gasteiger partial charge < -0.3 is 20.5 Å². The zero-order valence-electron chi connectivity index (χ0n) is 18.2. The van der Waals surface area contributed by atoms with E-state index in [-0.39, 0.29) is 5.91 Å². The average molecular weight is 411 g/mol. The van der Waals surface area contributed by atoms with Crippen molar-refractivity contribution in [2.45, 2.75) is 38.6 Å². The number of nitrogens with one attached hydrogen (secondary N) is 3. The zero-order valence-corrected chi connectivity index (χ0v) is 18.2. The second kappa shape index (κ2) is 9.51. The number of aromatic amines is 1. The Morgan fingerprint density at radius 3 is 2.70 bits per heavy atom. The highest BCUT2D eigenvalue weighted by molar-refractivity contribution is 5.86. The highest BCUT2D eigenvalue weighted by Crippen LogP contribution is 2.22. The van der Waals surface area contributed by atoms with Crippen molar-refractivity contribution in [3.63, 3.8) is 0 Å². The number of aryl methyl sites for hydroxylation is 1. The Balaban J connectivity index is 1.24. The van der Waals surface area contributed by atoms with Crippen molar-refractivity contribution in [3.8, 4) is 0 Å². The average Bonchev–Trinajstić information content (AvgIpc) is 3.48. The summed E-state index contributed by atoms with van der Waals surface area (Å²) in [6.45, 7) is 7.12. The summed E-state index contributed by atoms with van der Waals surface area (Å²) < 4.78 is 0. The van der Waals surface area contributed by atoms with Crippen molar-refractivity contribution >= 4 is 22.8 Å². The maximum atomic E-state index is 12.0. The van der Waals surface area contributed by atoms with Gasteiger partial charge in [-0.15, -0.1) is 0 Å². The number of benzene rings is 1. The normalized spacial score (nSPS) is 18.1. The first-order chi connectivity index (χ1) is 14.7. The molecule has 1 amide bonds. The molecule has 1 saturated heterocycles. The van der Waals surface area contributed by atoms with Crippen LogP contribution in [0.5, 0.6) is 0 Å². The molecule has 2 aromatic rings. The number of H-pyrrole nitrogens is 1. The molecule has 7 heteroatoms. The van der Waals surface area contributed by atoms with Gasteiger partial charge in [-0.2, -0.15) is 0 Å². The van der Waals surface area contributed by atoms with E-state index >= 15 is 0 Å². The van der Waals surface area contributed by atoms with Crippen LogP contribution in [0.1, 0.15) is 30.9 Å². The third-order valence-electron chi connectivity index (χ3n) is 6.14. The van der Waals surface area contributed by atoms with Crippen LogP contribution in [0.4, 0.5) is 0 Å². The van der Waals surface area contributed by atoms with E-state index in [1.165, 1.54) is 22.0 Å². The number of carbonyl (C=O) groups excluding carboxylic acids is 1. The molecule has 1 saturated carbocycles. The van der Waals surface area contributed by atoms with Crippen molar-refractivity contribution in [2.75, 3.05) is 46.3 Å². The molecule has 1 aliphatic carbocycles. The van der Waals surface area contributed by atoms with Crippen LogP contribution in [0.3, 0.4) is 0 Å². The second-order valence-corrected chi connectivity index (χ2v) is 8.34. The van der Waals surface area contributed by atoms with E-state index in [1.807, 2.05) is 7.05 Å². The standard InChI is InChI=1S/C23H34N6O/c1-3-17-5-4-6-20-18(15-26-22(17)20)9-10-25-23(24-2)29-13-11-28(12-14-29)16-21(30)27-19-7-8-19/h4-6,15,19,26H,3,7-14,16H2,1-2H3,(H,24,25)(H,27,30). The number of aromatic nitrogens is 1. The quantitative estimate of drug-likeness (QED) is 0.480. The summed E-state index contributed by atoms with van der Waals surface area (Å²) in [5, 5.41) is 7.92. The van der Waals surface area contributed by atoms with E-state index in [4.69, 9.17) is 0 Å². The van der Waals surface area contributed by atoms with E-state index < -0.39 is 0 Å². The Morgan fingerprint density at radius 2 is 2.00 bits per heavy atom. The molecule has 4 rings (SSSR count). The number of para-hydroxylation sites is 1. The molecule has 1 aromatic heterocycles. The molecule has 0 bridgehead atoms. The summed E-state index contributed by atoms with van der Waals surface area (Å²) in [5.41, 5.74) is 3.97. The summed E-state index contributed by atoms with van der Waals surface area (Å²) in [4.78, 5) is 24.5. The monoisotopic (exact) mass is 410 g/mol. The van der Waals surface area contributed by atoms with Crippen LogP contribution in [0.15, 0.2) is 29.4 Å². The van der Waals surface area contributed by atoms with Gasteiger partial charge in [0.05, 0.1) is 6.54 Å². The van der Waals surface area contributed by atoms with Crippen molar-refractivity contribution < 1.29 is 4.79 Å². The molecule has 2 aliphatic rings. The van der Waals surface area contributed by atoms with Crippen LogP contribution in [0.2, 0.25) is 0 Å².